The number of thiazole rings is 1. The second kappa shape index (κ2) is 8.74. The van der Waals surface area contributed by atoms with Crippen molar-refractivity contribution in [1.29, 1.82) is 0 Å². The van der Waals surface area contributed by atoms with Gasteiger partial charge in [0, 0.05) is 24.7 Å². The molecule has 1 aliphatic heterocycles. The van der Waals surface area contributed by atoms with Crippen molar-refractivity contribution in [3.8, 4) is 0 Å². The van der Waals surface area contributed by atoms with Gasteiger partial charge in [0.25, 0.3) is 0 Å². The fraction of sp³-hybridized carbons (Fsp3) is 0.391. The molecule has 4 rings (SSSR count). The molecule has 0 aliphatic carbocycles. The maximum atomic E-state index is 12.7. The average molecular weight is 394 g/mol. The van der Waals surface area contributed by atoms with E-state index in [-0.39, 0.29) is 11.8 Å². The molecule has 0 saturated carbocycles. The molecule has 1 N–H and O–H groups in total. The number of aromatic nitrogens is 1. The zero-order chi connectivity index (χ0) is 19.3. The number of piperidine rings is 1. The minimum atomic E-state index is 0.0744. The predicted octanol–water partition coefficient (Wildman–Crippen LogP) is 5.49. The van der Waals surface area contributed by atoms with E-state index in [1.165, 1.54) is 23.1 Å². The maximum absolute atomic E-state index is 12.7. The molecule has 2 heterocycles. The molecule has 0 bridgehead atoms. The van der Waals surface area contributed by atoms with Crippen molar-refractivity contribution < 1.29 is 4.79 Å². The summed E-state index contributed by atoms with van der Waals surface area (Å²) >= 11 is 1.74. The van der Waals surface area contributed by atoms with Crippen LogP contribution in [0.5, 0.6) is 0 Å². The van der Waals surface area contributed by atoms with Gasteiger partial charge in [-0.05, 0) is 55.5 Å². The van der Waals surface area contributed by atoms with E-state index in [2.05, 4.69) is 47.5 Å². The number of fused-ring (bicyclic) bond motifs is 1. The molecule has 0 unspecified atom stereocenters. The van der Waals surface area contributed by atoms with Gasteiger partial charge < -0.3 is 10.2 Å². The normalized spacial score (nSPS) is 15.1. The number of benzene rings is 2. The summed E-state index contributed by atoms with van der Waals surface area (Å²) < 4.78 is 1.22. The third-order valence-corrected chi connectivity index (χ3v) is 6.56. The summed E-state index contributed by atoms with van der Waals surface area (Å²) in [4.78, 5) is 19.7. The second-order valence-electron chi connectivity index (χ2n) is 7.52. The molecule has 28 heavy (non-hydrogen) atoms. The van der Waals surface area contributed by atoms with E-state index >= 15 is 0 Å². The Hall–Kier alpha value is -2.40. The maximum Gasteiger partial charge on any atom is 0.227 e. The van der Waals surface area contributed by atoms with Crippen LogP contribution in [0.15, 0.2) is 48.5 Å². The molecule has 0 radical (unpaired) electrons. The number of nitrogens with one attached hydrogen (secondary N) is 1. The largest absolute Gasteiger partial charge is 0.348 e. The molecule has 2 aromatic carbocycles. The van der Waals surface area contributed by atoms with Crippen LogP contribution in [0.25, 0.3) is 10.2 Å². The zero-order valence-electron chi connectivity index (χ0n) is 16.4. The standard InChI is InChI=1S/C23H27N3OS/c1-2-3-6-17-9-11-19(12-10-17)24-22(27)18-13-15-26(16-14-18)23-25-20-7-4-5-8-21(20)28-23/h4-5,7-12,18H,2-3,6,13-16H2,1H3,(H,24,27). The summed E-state index contributed by atoms with van der Waals surface area (Å²) in [6.07, 6.45) is 5.26. The molecule has 0 spiro atoms. The van der Waals surface area contributed by atoms with Crippen LogP contribution in [0, 0.1) is 5.92 Å². The molecule has 1 saturated heterocycles. The van der Waals surface area contributed by atoms with E-state index in [4.69, 9.17) is 4.98 Å². The molecule has 1 amide bonds. The number of nitrogens with zero attached hydrogens (tertiary/aromatic N) is 2. The summed E-state index contributed by atoms with van der Waals surface area (Å²) in [7, 11) is 0. The van der Waals surface area contributed by atoms with E-state index in [9.17, 15) is 4.79 Å². The van der Waals surface area contributed by atoms with Crippen molar-refractivity contribution in [2.24, 2.45) is 5.92 Å². The SMILES string of the molecule is CCCCc1ccc(NC(=O)C2CCN(c3nc4ccccc4s3)CC2)cc1. The summed E-state index contributed by atoms with van der Waals surface area (Å²) in [5.41, 5.74) is 3.30. The zero-order valence-corrected chi connectivity index (χ0v) is 17.2. The van der Waals surface area contributed by atoms with Gasteiger partial charge in [-0.15, -0.1) is 0 Å². The third-order valence-electron chi connectivity index (χ3n) is 5.46. The van der Waals surface area contributed by atoms with E-state index in [1.54, 1.807) is 11.3 Å². The van der Waals surface area contributed by atoms with Crippen LogP contribution in [0.2, 0.25) is 0 Å². The number of para-hydroxylation sites is 1. The molecule has 4 nitrogen and oxygen atoms in total. The highest BCUT2D eigenvalue weighted by molar-refractivity contribution is 7.22. The van der Waals surface area contributed by atoms with Gasteiger partial charge in [-0.25, -0.2) is 4.98 Å². The molecule has 146 valence electrons. The first kappa shape index (κ1) is 18.9. The minimum Gasteiger partial charge on any atom is -0.348 e. The van der Waals surface area contributed by atoms with Crippen molar-refractivity contribution in [3.05, 3.63) is 54.1 Å². The lowest BCUT2D eigenvalue weighted by molar-refractivity contribution is -0.120. The van der Waals surface area contributed by atoms with Crippen molar-refractivity contribution >= 4 is 38.3 Å². The van der Waals surface area contributed by atoms with Crippen molar-refractivity contribution in [3.63, 3.8) is 0 Å². The number of anilines is 2. The van der Waals surface area contributed by atoms with E-state index in [1.807, 2.05) is 18.2 Å². The summed E-state index contributed by atoms with van der Waals surface area (Å²) in [6, 6.07) is 16.6. The third kappa shape index (κ3) is 4.36. The van der Waals surface area contributed by atoms with Crippen LogP contribution in [0.4, 0.5) is 10.8 Å². The van der Waals surface area contributed by atoms with Gasteiger partial charge in [-0.2, -0.15) is 0 Å². The first-order valence-electron chi connectivity index (χ1n) is 10.2. The molecule has 1 aromatic heterocycles. The number of hydrogen-bond acceptors (Lipinski definition) is 4. The van der Waals surface area contributed by atoms with Crippen molar-refractivity contribution in [2.75, 3.05) is 23.3 Å². The summed E-state index contributed by atoms with van der Waals surface area (Å²) in [6.45, 7) is 3.97. The first-order valence-corrected chi connectivity index (χ1v) is 11.0. The summed E-state index contributed by atoms with van der Waals surface area (Å²) in [5.74, 6) is 0.218. The number of carbonyl (C=O) groups is 1. The highest BCUT2D eigenvalue weighted by Gasteiger charge is 2.26. The quantitative estimate of drug-likeness (QED) is 0.602. The van der Waals surface area contributed by atoms with Gasteiger partial charge in [0.2, 0.25) is 5.91 Å². The minimum absolute atomic E-state index is 0.0744. The van der Waals surface area contributed by atoms with Crippen LogP contribution < -0.4 is 10.2 Å². The molecule has 5 heteroatoms. The van der Waals surface area contributed by atoms with Gasteiger partial charge in [-0.3, -0.25) is 4.79 Å². The Morgan fingerprint density at radius 2 is 1.89 bits per heavy atom. The highest BCUT2D eigenvalue weighted by atomic mass is 32.1. The smallest absolute Gasteiger partial charge is 0.227 e. The van der Waals surface area contributed by atoms with Crippen LogP contribution in [0.1, 0.15) is 38.2 Å². The van der Waals surface area contributed by atoms with Crippen LogP contribution in [-0.4, -0.2) is 24.0 Å². The van der Waals surface area contributed by atoms with Crippen molar-refractivity contribution in [1.82, 2.24) is 4.98 Å². The molecule has 1 aliphatic rings. The van der Waals surface area contributed by atoms with E-state index in [0.29, 0.717) is 0 Å². The molecular weight excluding hydrogens is 366 g/mol. The Morgan fingerprint density at radius 3 is 2.61 bits per heavy atom. The van der Waals surface area contributed by atoms with Crippen LogP contribution in [-0.2, 0) is 11.2 Å². The number of hydrogen-bond donors (Lipinski definition) is 1. The fourth-order valence-electron chi connectivity index (χ4n) is 3.71. The predicted molar refractivity (Wildman–Crippen MR) is 118 cm³/mol. The van der Waals surface area contributed by atoms with Crippen LogP contribution in [0.3, 0.4) is 0 Å². The monoisotopic (exact) mass is 393 g/mol. The van der Waals surface area contributed by atoms with E-state index < -0.39 is 0 Å². The average Bonchev–Trinajstić information content (AvgIpc) is 3.18. The Morgan fingerprint density at radius 1 is 1.14 bits per heavy atom. The number of rotatable bonds is 6. The second-order valence-corrected chi connectivity index (χ2v) is 8.52. The fourth-order valence-corrected chi connectivity index (χ4v) is 4.73. The lowest BCUT2D eigenvalue weighted by atomic mass is 9.96. The van der Waals surface area contributed by atoms with Crippen molar-refractivity contribution in [2.45, 2.75) is 39.0 Å². The number of carbonyl (C=O) groups excluding carboxylic acids is 1. The van der Waals surface area contributed by atoms with Gasteiger partial charge in [0.15, 0.2) is 5.13 Å². The molecule has 1 fully saturated rings. The van der Waals surface area contributed by atoms with Gasteiger partial charge >= 0.3 is 0 Å². The molecule has 3 aromatic rings. The Kier molecular flexibility index (Phi) is 5.91. The first-order chi connectivity index (χ1) is 13.7. The Labute approximate surface area is 170 Å². The van der Waals surface area contributed by atoms with Crippen LogP contribution >= 0.6 is 11.3 Å². The Balaban J connectivity index is 1.31. The molecular formula is C23H27N3OS. The Bertz CT molecular complexity index is 893. The lowest BCUT2D eigenvalue weighted by Crippen LogP contribution is -2.38. The topological polar surface area (TPSA) is 45.2 Å². The van der Waals surface area contributed by atoms with Gasteiger partial charge in [-0.1, -0.05) is 48.9 Å². The number of amides is 1. The van der Waals surface area contributed by atoms with Gasteiger partial charge in [0.05, 0.1) is 10.2 Å². The molecule has 0 atom stereocenters. The lowest BCUT2D eigenvalue weighted by Gasteiger charge is -2.31. The number of aryl methyl sites for hydroxylation is 1. The summed E-state index contributed by atoms with van der Waals surface area (Å²) in [5, 5.41) is 4.17. The highest BCUT2D eigenvalue weighted by Crippen LogP contribution is 2.31. The van der Waals surface area contributed by atoms with Gasteiger partial charge in [0.1, 0.15) is 0 Å². The van der Waals surface area contributed by atoms with E-state index in [0.717, 1.165) is 48.7 Å². The number of unbranched alkanes of at least 4 members (excludes halogenated alkanes) is 1.